The molecule has 22 N–H and O–H groups in total. The Morgan fingerprint density at radius 1 is 0.495 bits per heavy atom. The molecule has 0 radical (unpaired) electrons. The Morgan fingerprint density at radius 2 is 0.922 bits per heavy atom. The molecule has 13 atom stereocenters. The van der Waals surface area contributed by atoms with Crippen molar-refractivity contribution in [2.75, 3.05) is 57.1 Å². The second kappa shape index (κ2) is 46.9. The van der Waals surface area contributed by atoms with Crippen molar-refractivity contribution < 1.29 is 86.9 Å². The van der Waals surface area contributed by atoms with Gasteiger partial charge in [0.1, 0.15) is 72.5 Å². The van der Waals surface area contributed by atoms with E-state index in [0.717, 1.165) is 0 Å². The van der Waals surface area contributed by atoms with Crippen LogP contribution in [0.2, 0.25) is 0 Å². The average Bonchev–Trinajstić information content (AvgIpc) is 1.64. The summed E-state index contributed by atoms with van der Waals surface area (Å²) >= 11 is 5.64. The molecule has 1 fully saturated rings. The maximum Gasteiger partial charge on any atom is 0.326 e. The zero-order valence-electron chi connectivity index (χ0n) is 61.4. The number of aliphatic hydroxyl groups is 1. The lowest BCUT2D eigenvalue weighted by Crippen LogP contribution is -2.59. The maximum atomic E-state index is 14.4. The molecule has 1 aliphatic rings. The monoisotopic (exact) mass is 1500 g/mol. The standard InChI is InChI=1S/C64H113N19O18S2/c1-30(2)23-40(57(94)78-41(24-31(3)4)62(99)83-21-16-18-44(83)59(96)71-27-47(87)80-48(32(5)6)60(97)74-37(13)53(90)81-49(33(7)8)61(98)82-50(34(9)10)63(100)101)75-45(85)26-70-55(92)42(28-84)79-52(89)36(12)72-51(88)35(11)73-56(93)39(17-15-20-68-64(66)67)77-58(95)43(29-102)76-46(86)25-69-54(91)38(65)19-22-103-14/h30-44,48-50,84,102H,15-29,65H2,1-14H3,(H,69,91)(H,70,92)(H,71,96)(H,72,88)(H,73,93)(H,74,97)(H,75,85)(H,76,86)(H,77,95)(H,78,94)(H,79,89)(H,80,87)(H,81,90)(H,82,98)(H,100,101)(H4,66,67,68)/t35-,36-,37-,38-,39-,40-,41-,42-,43-,44-,48-,49-,50-/m0/s1. The molecule has 103 heavy (non-hydrogen) atoms. The number of nitrogens with zero attached hydrogens (tertiary/aromatic N) is 2. The molecule has 0 saturated carbocycles. The van der Waals surface area contributed by atoms with E-state index >= 15 is 0 Å². The van der Waals surface area contributed by atoms with Gasteiger partial charge in [0.25, 0.3) is 0 Å². The van der Waals surface area contributed by atoms with Crippen LogP contribution in [0.5, 0.6) is 0 Å². The van der Waals surface area contributed by atoms with Crippen LogP contribution in [0.1, 0.15) is 135 Å². The average molecular weight is 1500 g/mol. The van der Waals surface area contributed by atoms with E-state index in [1.165, 1.54) is 37.4 Å². The van der Waals surface area contributed by atoms with Gasteiger partial charge in [-0.1, -0.05) is 69.2 Å². The number of nitrogens with two attached hydrogens (primary N) is 3. The highest BCUT2D eigenvalue weighted by Gasteiger charge is 2.40. The predicted octanol–water partition coefficient (Wildman–Crippen LogP) is -6.08. The number of nitrogens with one attached hydrogen (secondary N) is 14. The van der Waals surface area contributed by atoms with E-state index < -0.39 is 217 Å². The second-order valence-electron chi connectivity index (χ2n) is 27.0. The second-order valence-corrected chi connectivity index (χ2v) is 28.4. The molecular weight excluding hydrogens is 1390 g/mol. The third-order valence-electron chi connectivity index (χ3n) is 16.0. The van der Waals surface area contributed by atoms with E-state index in [-0.39, 0.29) is 68.7 Å². The van der Waals surface area contributed by atoms with Crippen molar-refractivity contribution in [3.63, 3.8) is 0 Å². The van der Waals surface area contributed by atoms with E-state index in [1.54, 1.807) is 69.2 Å². The Morgan fingerprint density at radius 3 is 1.44 bits per heavy atom. The Labute approximate surface area is 611 Å². The summed E-state index contributed by atoms with van der Waals surface area (Å²) in [6.07, 6.45) is 2.99. The Bertz CT molecular complexity index is 2960. The van der Waals surface area contributed by atoms with Crippen LogP contribution in [-0.2, 0) is 76.7 Å². The molecule has 1 heterocycles. The van der Waals surface area contributed by atoms with Gasteiger partial charge in [-0.05, 0) is 107 Å². The minimum Gasteiger partial charge on any atom is -0.480 e. The number of hydrogen-bond acceptors (Lipinski definition) is 21. The van der Waals surface area contributed by atoms with Crippen LogP contribution < -0.4 is 91.6 Å². The molecule has 39 heteroatoms. The summed E-state index contributed by atoms with van der Waals surface area (Å²) in [5.41, 5.74) is 16.7. The van der Waals surface area contributed by atoms with E-state index in [1.807, 2.05) is 6.26 Å². The number of aliphatic carboxylic acids is 1. The quantitative estimate of drug-likeness (QED) is 0.0117. The van der Waals surface area contributed by atoms with Crippen molar-refractivity contribution in [1.29, 1.82) is 0 Å². The maximum absolute atomic E-state index is 14.4. The normalized spacial score (nSPS) is 16.2. The first kappa shape index (κ1) is 92.4. The molecular formula is C64H113N19O18S2. The highest BCUT2D eigenvalue weighted by Crippen LogP contribution is 2.21. The number of rotatable bonds is 46. The molecule has 0 aromatic carbocycles. The van der Waals surface area contributed by atoms with Gasteiger partial charge in [-0.15, -0.1) is 0 Å². The number of hydrogen-bond donors (Lipinski definition) is 20. The molecule has 0 aromatic rings. The Hall–Kier alpha value is -8.59. The summed E-state index contributed by atoms with van der Waals surface area (Å²) in [5, 5.41) is 54.3. The zero-order chi connectivity index (χ0) is 78.7. The number of guanidine groups is 1. The minimum absolute atomic E-state index is 0.0399. The molecule has 1 saturated heterocycles. The summed E-state index contributed by atoms with van der Waals surface area (Å²) in [4.78, 5) is 218. The number of aliphatic imine (C=N–C) groups is 1. The van der Waals surface area contributed by atoms with Gasteiger partial charge in [0.2, 0.25) is 88.6 Å². The molecule has 0 unspecified atom stereocenters. The molecule has 0 bridgehead atoms. The van der Waals surface area contributed by atoms with Crippen LogP contribution in [0.25, 0.3) is 0 Å². The third kappa shape index (κ3) is 34.0. The summed E-state index contributed by atoms with van der Waals surface area (Å²) in [6.45, 7) is 18.0. The SMILES string of the molecule is CSCC[C@H](N)C(=O)NCC(=O)N[C@@H](CS)C(=O)N[C@@H](CCCN=C(N)N)C(=O)N[C@@H](C)C(=O)N[C@@H](C)C(=O)N[C@@H](CO)C(=O)NCC(=O)N[C@@H](CC(C)C)C(=O)N[C@@H](CC(C)C)C(=O)N1CCC[C@H]1C(=O)NCC(=O)N[C@H](C(=O)N[C@@H](C)C(=O)N[C@H](C(=O)N[C@H](C(=O)O)C(C)C)C(C)C)C(C)C. The third-order valence-corrected chi connectivity index (χ3v) is 17.0. The lowest BCUT2D eigenvalue weighted by atomic mass is 9.99. The van der Waals surface area contributed by atoms with Crippen molar-refractivity contribution >= 4 is 125 Å². The van der Waals surface area contributed by atoms with E-state index in [9.17, 15) is 86.9 Å². The number of thioether (sulfide) groups is 1. The molecule has 0 aliphatic carbocycles. The molecule has 37 nitrogen and oxygen atoms in total. The van der Waals surface area contributed by atoms with Crippen LogP contribution in [0.3, 0.4) is 0 Å². The first-order valence-electron chi connectivity index (χ1n) is 34.3. The number of carbonyl (C=O) groups excluding carboxylic acids is 15. The van der Waals surface area contributed by atoms with Crippen molar-refractivity contribution in [2.24, 2.45) is 51.8 Å². The first-order valence-corrected chi connectivity index (χ1v) is 36.3. The summed E-state index contributed by atoms with van der Waals surface area (Å²) in [6, 6.07) is -16.3. The van der Waals surface area contributed by atoms with Crippen molar-refractivity contribution in [1.82, 2.24) is 79.3 Å². The minimum atomic E-state index is -1.68. The van der Waals surface area contributed by atoms with Gasteiger partial charge in [0.15, 0.2) is 5.96 Å². The number of amides is 15. The summed E-state index contributed by atoms with van der Waals surface area (Å²) in [5.74, 6) is -15.0. The fraction of sp³-hybridized carbons (Fsp3) is 0.734. The number of carboxylic acid groups (broad SMARTS) is 1. The van der Waals surface area contributed by atoms with Crippen LogP contribution in [0.15, 0.2) is 4.99 Å². The van der Waals surface area contributed by atoms with Gasteiger partial charge < -0.3 is 107 Å². The number of carbonyl (C=O) groups is 16. The largest absolute Gasteiger partial charge is 0.480 e. The summed E-state index contributed by atoms with van der Waals surface area (Å²) in [7, 11) is 0. The van der Waals surface area contributed by atoms with Gasteiger partial charge >= 0.3 is 5.97 Å². The van der Waals surface area contributed by atoms with Crippen molar-refractivity contribution in [2.45, 2.75) is 213 Å². The van der Waals surface area contributed by atoms with Gasteiger partial charge in [-0.3, -0.25) is 76.9 Å². The van der Waals surface area contributed by atoms with Gasteiger partial charge in [-0.25, -0.2) is 4.79 Å². The molecule has 0 aromatic heterocycles. The molecule has 15 amide bonds. The molecule has 0 spiro atoms. The number of aliphatic hydroxyl groups excluding tert-OH is 1. The number of likely N-dealkylation sites (tertiary alicyclic amines) is 1. The van der Waals surface area contributed by atoms with Crippen LogP contribution in [0, 0.1) is 29.6 Å². The first-order chi connectivity index (χ1) is 48.1. The Kier molecular flexibility index (Phi) is 42.1. The van der Waals surface area contributed by atoms with Gasteiger partial charge in [-0.2, -0.15) is 24.4 Å². The van der Waals surface area contributed by atoms with Crippen molar-refractivity contribution in [3.05, 3.63) is 0 Å². The highest BCUT2D eigenvalue weighted by molar-refractivity contribution is 7.98. The van der Waals surface area contributed by atoms with Crippen LogP contribution in [0.4, 0.5) is 0 Å². The van der Waals surface area contributed by atoms with E-state index in [2.05, 4.69) is 92.1 Å². The molecule has 584 valence electrons. The Balaban J connectivity index is 3.03. The lowest BCUT2D eigenvalue weighted by molar-refractivity contribution is -0.144. The lowest BCUT2D eigenvalue weighted by Gasteiger charge is -2.31. The highest BCUT2D eigenvalue weighted by atomic mass is 32.2. The predicted molar refractivity (Wildman–Crippen MR) is 385 cm³/mol. The fourth-order valence-corrected chi connectivity index (χ4v) is 10.9. The molecule has 1 aliphatic heterocycles. The number of carboxylic acids is 1. The van der Waals surface area contributed by atoms with Gasteiger partial charge in [0, 0.05) is 18.8 Å². The number of thiol groups is 1. The van der Waals surface area contributed by atoms with Crippen LogP contribution >= 0.6 is 24.4 Å². The van der Waals surface area contributed by atoms with E-state index in [0.29, 0.717) is 18.6 Å². The van der Waals surface area contributed by atoms with Crippen molar-refractivity contribution in [3.8, 4) is 0 Å². The van der Waals surface area contributed by atoms with Crippen LogP contribution in [-0.4, -0.2) is 251 Å². The van der Waals surface area contributed by atoms with E-state index in [4.69, 9.17) is 17.2 Å². The smallest absolute Gasteiger partial charge is 0.326 e. The fourth-order valence-electron chi connectivity index (χ4n) is 10.1. The summed E-state index contributed by atoms with van der Waals surface area (Å²) < 4.78 is 0. The topological polar surface area (TPSA) is 576 Å². The van der Waals surface area contributed by atoms with Gasteiger partial charge in [0.05, 0.1) is 32.3 Å². The zero-order valence-corrected chi connectivity index (χ0v) is 63.1. The molecule has 1 rings (SSSR count).